The minimum absolute atomic E-state index is 0.149. The summed E-state index contributed by atoms with van der Waals surface area (Å²) in [5.41, 5.74) is 1.65. The molecule has 1 N–H and O–H groups in total. The molecule has 0 aliphatic heterocycles. The number of aromatic nitrogens is 2. The van der Waals surface area contributed by atoms with Gasteiger partial charge in [-0.05, 0) is 31.5 Å². The number of anilines is 1. The first-order chi connectivity index (χ1) is 12.6. The highest BCUT2D eigenvalue weighted by molar-refractivity contribution is 5.98. The summed E-state index contributed by atoms with van der Waals surface area (Å²) >= 11 is 0. The smallest absolute Gasteiger partial charge is 0.359 e. The largest absolute Gasteiger partial charge is 0.448 e. The van der Waals surface area contributed by atoms with Crippen LogP contribution in [-0.2, 0) is 16.0 Å². The number of carbonyl (C=O) groups is 2. The Hall–Kier alpha value is -3.14. The van der Waals surface area contributed by atoms with Gasteiger partial charge in [-0.3, -0.25) is 9.89 Å². The number of H-pyrrole nitrogens is 1. The van der Waals surface area contributed by atoms with Crippen LogP contribution in [0.15, 0.2) is 36.4 Å². The predicted octanol–water partition coefficient (Wildman–Crippen LogP) is 2.85. The quantitative estimate of drug-likeness (QED) is 0.735. The van der Waals surface area contributed by atoms with Gasteiger partial charge in [-0.2, -0.15) is 10.4 Å². The standard InChI is InChI=1S/C19H22N4O3/c1-3-8-15-13-17(22-21-15)19(25)26-14(2)18(24)23(12-7-11-20)16-9-5-4-6-10-16/h4-6,9-10,13-14H,3,7-8,12H2,1-2H3,(H,21,22). The van der Waals surface area contributed by atoms with E-state index in [0.717, 1.165) is 18.5 Å². The highest BCUT2D eigenvalue weighted by atomic mass is 16.5. The molecule has 0 bridgehead atoms. The Bertz CT molecular complexity index is 780. The first kappa shape index (κ1) is 19.2. The number of nitrogens with one attached hydrogen (secondary N) is 1. The van der Waals surface area contributed by atoms with Gasteiger partial charge < -0.3 is 9.64 Å². The predicted molar refractivity (Wildman–Crippen MR) is 96.5 cm³/mol. The zero-order valence-corrected chi connectivity index (χ0v) is 14.9. The van der Waals surface area contributed by atoms with E-state index in [-0.39, 0.29) is 24.6 Å². The minimum Gasteiger partial charge on any atom is -0.448 e. The zero-order valence-electron chi connectivity index (χ0n) is 14.9. The van der Waals surface area contributed by atoms with Gasteiger partial charge >= 0.3 is 5.97 Å². The Morgan fingerprint density at radius 3 is 2.73 bits per heavy atom. The normalized spacial score (nSPS) is 11.4. The summed E-state index contributed by atoms with van der Waals surface area (Å²) in [4.78, 5) is 26.4. The number of esters is 1. The Labute approximate surface area is 152 Å². The molecular weight excluding hydrogens is 332 g/mol. The molecule has 0 aliphatic carbocycles. The molecule has 1 heterocycles. The molecule has 7 nitrogen and oxygen atoms in total. The molecule has 1 unspecified atom stereocenters. The van der Waals surface area contributed by atoms with E-state index in [1.165, 1.54) is 11.8 Å². The topological polar surface area (TPSA) is 99.1 Å². The lowest BCUT2D eigenvalue weighted by Crippen LogP contribution is -2.40. The second-order valence-electron chi connectivity index (χ2n) is 5.81. The first-order valence-electron chi connectivity index (χ1n) is 8.55. The van der Waals surface area contributed by atoms with Gasteiger partial charge in [0.2, 0.25) is 0 Å². The molecule has 7 heteroatoms. The van der Waals surface area contributed by atoms with E-state index in [1.54, 1.807) is 30.3 Å². The maximum atomic E-state index is 12.7. The Morgan fingerprint density at radius 2 is 2.08 bits per heavy atom. The number of benzene rings is 1. The monoisotopic (exact) mass is 354 g/mol. The van der Waals surface area contributed by atoms with Gasteiger partial charge in [0.25, 0.3) is 5.91 Å². The Morgan fingerprint density at radius 1 is 1.35 bits per heavy atom. The number of aryl methyl sites for hydroxylation is 1. The van der Waals surface area contributed by atoms with Gasteiger partial charge in [0.1, 0.15) is 0 Å². The van der Waals surface area contributed by atoms with Crippen molar-refractivity contribution >= 4 is 17.6 Å². The number of nitrogens with zero attached hydrogens (tertiary/aromatic N) is 3. The average Bonchev–Trinajstić information content (AvgIpc) is 3.12. The molecule has 26 heavy (non-hydrogen) atoms. The van der Waals surface area contributed by atoms with Crippen molar-refractivity contribution in [3.63, 3.8) is 0 Å². The minimum atomic E-state index is -0.993. The molecule has 0 fully saturated rings. The molecule has 1 atom stereocenters. The molecular formula is C19H22N4O3. The molecule has 0 saturated carbocycles. The Kier molecular flexibility index (Phi) is 6.92. The number of hydrogen-bond acceptors (Lipinski definition) is 5. The van der Waals surface area contributed by atoms with Crippen LogP contribution in [0.5, 0.6) is 0 Å². The van der Waals surface area contributed by atoms with Crippen molar-refractivity contribution in [2.24, 2.45) is 0 Å². The summed E-state index contributed by atoms with van der Waals surface area (Å²) in [6.45, 7) is 3.77. The van der Waals surface area contributed by atoms with Crippen LogP contribution in [0.3, 0.4) is 0 Å². The van der Waals surface area contributed by atoms with Crippen molar-refractivity contribution in [1.29, 1.82) is 5.26 Å². The van der Waals surface area contributed by atoms with E-state index in [4.69, 9.17) is 10.00 Å². The van der Waals surface area contributed by atoms with E-state index < -0.39 is 12.1 Å². The van der Waals surface area contributed by atoms with Crippen LogP contribution in [0.4, 0.5) is 5.69 Å². The molecule has 0 saturated heterocycles. The fourth-order valence-corrected chi connectivity index (χ4v) is 2.49. The molecule has 0 spiro atoms. The van der Waals surface area contributed by atoms with Crippen LogP contribution in [0.2, 0.25) is 0 Å². The fraction of sp³-hybridized carbons (Fsp3) is 0.368. The number of ether oxygens (including phenoxy) is 1. The van der Waals surface area contributed by atoms with E-state index in [1.807, 2.05) is 19.1 Å². The van der Waals surface area contributed by atoms with Gasteiger partial charge in [-0.15, -0.1) is 0 Å². The second kappa shape index (κ2) is 9.37. The zero-order chi connectivity index (χ0) is 18.9. The van der Waals surface area contributed by atoms with Gasteiger partial charge in [0.05, 0.1) is 12.5 Å². The molecule has 136 valence electrons. The van der Waals surface area contributed by atoms with Gasteiger partial charge in [0, 0.05) is 17.9 Å². The lowest BCUT2D eigenvalue weighted by Gasteiger charge is -2.24. The van der Waals surface area contributed by atoms with Crippen LogP contribution in [-0.4, -0.2) is 34.7 Å². The summed E-state index contributed by atoms with van der Waals surface area (Å²) < 4.78 is 5.28. The number of amides is 1. The molecule has 0 radical (unpaired) electrons. The van der Waals surface area contributed by atoms with Crippen molar-refractivity contribution in [2.45, 2.75) is 39.2 Å². The highest BCUT2D eigenvalue weighted by Gasteiger charge is 2.26. The van der Waals surface area contributed by atoms with E-state index >= 15 is 0 Å². The summed E-state index contributed by atoms with van der Waals surface area (Å²) in [5, 5.41) is 15.6. The van der Waals surface area contributed by atoms with Gasteiger partial charge in [-0.1, -0.05) is 31.5 Å². The number of carbonyl (C=O) groups excluding carboxylic acids is 2. The first-order valence-corrected chi connectivity index (χ1v) is 8.55. The molecule has 1 amide bonds. The third kappa shape index (κ3) is 4.93. The molecule has 0 aliphatic rings. The van der Waals surface area contributed by atoms with Crippen molar-refractivity contribution < 1.29 is 14.3 Å². The fourth-order valence-electron chi connectivity index (χ4n) is 2.49. The van der Waals surface area contributed by atoms with E-state index in [0.29, 0.717) is 5.69 Å². The van der Waals surface area contributed by atoms with Crippen LogP contribution in [0, 0.1) is 11.3 Å². The average molecular weight is 354 g/mol. The maximum Gasteiger partial charge on any atom is 0.359 e. The van der Waals surface area contributed by atoms with Crippen LogP contribution >= 0.6 is 0 Å². The third-order valence-electron chi connectivity index (χ3n) is 3.77. The summed E-state index contributed by atoms with van der Waals surface area (Å²) in [6.07, 6.45) is 0.898. The number of hydrogen-bond donors (Lipinski definition) is 1. The van der Waals surface area contributed by atoms with Crippen molar-refractivity contribution in [3.05, 3.63) is 47.8 Å². The third-order valence-corrected chi connectivity index (χ3v) is 3.77. The summed E-state index contributed by atoms with van der Waals surface area (Å²) in [7, 11) is 0. The van der Waals surface area contributed by atoms with Crippen LogP contribution in [0.1, 0.15) is 42.9 Å². The SMILES string of the molecule is CCCc1cc(C(=O)OC(C)C(=O)N(CCC#N)c2ccccc2)n[nH]1. The second-order valence-corrected chi connectivity index (χ2v) is 5.81. The summed E-state index contributed by atoms with van der Waals surface area (Å²) in [5.74, 6) is -1.04. The van der Waals surface area contributed by atoms with Crippen molar-refractivity contribution in [2.75, 3.05) is 11.4 Å². The van der Waals surface area contributed by atoms with Crippen LogP contribution < -0.4 is 4.90 Å². The molecule has 2 aromatic rings. The number of aromatic amines is 1. The molecule has 1 aromatic carbocycles. The number of para-hydroxylation sites is 1. The van der Waals surface area contributed by atoms with Gasteiger partial charge in [-0.25, -0.2) is 4.79 Å². The summed E-state index contributed by atoms with van der Waals surface area (Å²) in [6, 6.07) is 12.6. The molecule has 2 rings (SSSR count). The Balaban J connectivity index is 2.07. The van der Waals surface area contributed by atoms with Crippen molar-refractivity contribution in [3.8, 4) is 6.07 Å². The number of rotatable bonds is 8. The van der Waals surface area contributed by atoms with Gasteiger partial charge in [0.15, 0.2) is 11.8 Å². The molecule has 1 aromatic heterocycles. The highest BCUT2D eigenvalue weighted by Crippen LogP contribution is 2.16. The van der Waals surface area contributed by atoms with Crippen molar-refractivity contribution in [1.82, 2.24) is 10.2 Å². The lowest BCUT2D eigenvalue weighted by atomic mass is 10.2. The lowest BCUT2D eigenvalue weighted by molar-refractivity contribution is -0.126. The maximum absolute atomic E-state index is 12.7. The van der Waals surface area contributed by atoms with Crippen LogP contribution in [0.25, 0.3) is 0 Å². The van der Waals surface area contributed by atoms with E-state index in [2.05, 4.69) is 10.2 Å². The number of nitriles is 1. The van der Waals surface area contributed by atoms with E-state index in [9.17, 15) is 9.59 Å².